The summed E-state index contributed by atoms with van der Waals surface area (Å²) in [5.74, 6) is -0.232. The van der Waals surface area contributed by atoms with Crippen LogP contribution in [0.4, 0.5) is 0 Å². The van der Waals surface area contributed by atoms with Gasteiger partial charge in [0.25, 0.3) is 0 Å². The molecule has 1 rings (SSSR count). The number of aliphatic hydroxyl groups is 6. The number of aliphatic hydroxyl groups excluding tert-OH is 6. The molecule has 0 spiro atoms. The first-order valence-corrected chi connectivity index (χ1v) is 15.2. The van der Waals surface area contributed by atoms with Crippen molar-refractivity contribution < 1.29 is 44.9 Å². The van der Waals surface area contributed by atoms with Crippen molar-refractivity contribution in [2.45, 2.75) is 160 Å². The predicted molar refractivity (Wildman–Crippen MR) is 149 cm³/mol. The molecule has 7 N–H and O–H groups in total. The van der Waals surface area contributed by atoms with Crippen LogP contribution in [-0.2, 0) is 14.3 Å². The Hall–Kier alpha value is -0.850. The summed E-state index contributed by atoms with van der Waals surface area (Å²) in [6.07, 6.45) is 5.24. The molecule has 1 saturated heterocycles. The molecule has 0 aromatic heterocycles. The maximum Gasteiger partial charge on any atom is 0.220 e. The molecule has 10 nitrogen and oxygen atoms in total. The maximum atomic E-state index is 12.4. The summed E-state index contributed by atoms with van der Waals surface area (Å²) in [4.78, 5) is 12.4. The quantitative estimate of drug-likeness (QED) is 0.0976. The van der Waals surface area contributed by atoms with Crippen molar-refractivity contribution in [1.29, 1.82) is 0 Å². The molecule has 0 aromatic rings. The molecule has 10 heteroatoms. The van der Waals surface area contributed by atoms with E-state index in [1.165, 1.54) is 51.4 Å². The first kappa shape index (κ1) is 36.2. The standard InChI is InChI=1S/C29H57NO9/c1-4-5-6-7-8-9-10-11-12-13-14-15-16-22(32)25(34)21(30-24(33)17-20(2)3)19-38-29-28(37)27(36)26(35)23(18-31)39-29/h20-23,25-29,31-32,34-37H,4-19H2,1-3H3,(H,30,33). The zero-order valence-corrected chi connectivity index (χ0v) is 24.4. The van der Waals surface area contributed by atoms with Gasteiger partial charge in [-0.1, -0.05) is 97.8 Å². The summed E-state index contributed by atoms with van der Waals surface area (Å²) in [7, 11) is 0. The normalized spacial score (nSPS) is 25.9. The molecule has 8 unspecified atom stereocenters. The topological polar surface area (TPSA) is 169 Å². The van der Waals surface area contributed by atoms with E-state index in [1.807, 2.05) is 13.8 Å². The Balaban J connectivity index is 2.48. The van der Waals surface area contributed by atoms with Crippen LogP contribution in [0, 0.1) is 5.92 Å². The van der Waals surface area contributed by atoms with Crippen molar-refractivity contribution in [3.63, 3.8) is 0 Å². The van der Waals surface area contributed by atoms with Gasteiger partial charge in [0.2, 0.25) is 5.91 Å². The molecule has 1 fully saturated rings. The number of amides is 1. The van der Waals surface area contributed by atoms with Crippen LogP contribution in [0.25, 0.3) is 0 Å². The van der Waals surface area contributed by atoms with Gasteiger partial charge in [-0.3, -0.25) is 4.79 Å². The van der Waals surface area contributed by atoms with Gasteiger partial charge < -0.3 is 45.4 Å². The van der Waals surface area contributed by atoms with Crippen LogP contribution in [0.1, 0.15) is 111 Å². The van der Waals surface area contributed by atoms with Crippen molar-refractivity contribution >= 4 is 5.91 Å². The van der Waals surface area contributed by atoms with Gasteiger partial charge in [0.1, 0.15) is 30.5 Å². The van der Waals surface area contributed by atoms with Crippen molar-refractivity contribution in [3.05, 3.63) is 0 Å². The summed E-state index contributed by atoms with van der Waals surface area (Å²) in [5.41, 5.74) is 0. The molecule has 39 heavy (non-hydrogen) atoms. The van der Waals surface area contributed by atoms with Gasteiger partial charge in [-0.2, -0.15) is 0 Å². The lowest BCUT2D eigenvalue weighted by Gasteiger charge is -2.40. The number of nitrogens with one attached hydrogen (secondary N) is 1. The van der Waals surface area contributed by atoms with Gasteiger partial charge in [0, 0.05) is 6.42 Å². The monoisotopic (exact) mass is 563 g/mol. The van der Waals surface area contributed by atoms with Gasteiger partial charge in [-0.05, 0) is 12.3 Å². The third kappa shape index (κ3) is 14.6. The first-order valence-electron chi connectivity index (χ1n) is 15.2. The summed E-state index contributed by atoms with van der Waals surface area (Å²) < 4.78 is 10.9. The summed E-state index contributed by atoms with van der Waals surface area (Å²) in [6, 6.07) is -0.990. The van der Waals surface area contributed by atoms with Crippen LogP contribution in [0.5, 0.6) is 0 Å². The largest absolute Gasteiger partial charge is 0.394 e. The molecule has 0 aromatic carbocycles. The van der Waals surface area contributed by atoms with E-state index in [4.69, 9.17) is 9.47 Å². The Kier molecular flexibility index (Phi) is 19.4. The number of ether oxygens (including phenoxy) is 2. The molecule has 8 atom stereocenters. The highest BCUT2D eigenvalue weighted by Gasteiger charge is 2.44. The lowest BCUT2D eigenvalue weighted by atomic mass is 9.98. The predicted octanol–water partition coefficient (Wildman–Crippen LogP) is 2.15. The molecule has 1 aliphatic heterocycles. The summed E-state index contributed by atoms with van der Waals surface area (Å²) in [6.45, 7) is 5.09. The van der Waals surface area contributed by atoms with Crippen molar-refractivity contribution in [1.82, 2.24) is 5.32 Å². The molecular formula is C29H57NO9. The third-order valence-electron chi connectivity index (χ3n) is 7.39. The average molecular weight is 564 g/mol. The minimum Gasteiger partial charge on any atom is -0.394 e. The van der Waals surface area contributed by atoms with E-state index in [0.29, 0.717) is 6.42 Å². The fourth-order valence-electron chi connectivity index (χ4n) is 4.90. The van der Waals surface area contributed by atoms with Crippen LogP contribution in [-0.4, -0.2) is 98.7 Å². The average Bonchev–Trinajstić information content (AvgIpc) is 2.90. The Bertz CT molecular complexity index is 622. The molecule has 0 bridgehead atoms. The zero-order valence-electron chi connectivity index (χ0n) is 24.4. The van der Waals surface area contributed by atoms with Gasteiger partial charge in [0.05, 0.1) is 25.4 Å². The van der Waals surface area contributed by atoms with Crippen molar-refractivity contribution in [2.75, 3.05) is 13.2 Å². The molecule has 0 aliphatic carbocycles. The SMILES string of the molecule is CCCCCCCCCCCCCCC(O)C(O)C(COC1OC(CO)C(O)C(O)C1O)NC(=O)CC(C)C. The summed E-state index contributed by atoms with van der Waals surface area (Å²) in [5, 5.41) is 63.7. The fraction of sp³-hybridized carbons (Fsp3) is 0.966. The van der Waals surface area contributed by atoms with E-state index < -0.39 is 55.6 Å². The van der Waals surface area contributed by atoms with E-state index >= 15 is 0 Å². The number of carbonyl (C=O) groups excluding carboxylic acids is 1. The molecule has 0 saturated carbocycles. The molecular weight excluding hydrogens is 506 g/mol. The second-order valence-corrected chi connectivity index (χ2v) is 11.5. The Morgan fingerprint density at radius 3 is 1.90 bits per heavy atom. The lowest BCUT2D eigenvalue weighted by molar-refractivity contribution is -0.303. The van der Waals surface area contributed by atoms with E-state index in [1.54, 1.807) is 0 Å². The molecule has 232 valence electrons. The van der Waals surface area contributed by atoms with Crippen LogP contribution in [0.3, 0.4) is 0 Å². The fourth-order valence-corrected chi connectivity index (χ4v) is 4.90. The Labute approximate surface area is 235 Å². The Morgan fingerprint density at radius 2 is 1.38 bits per heavy atom. The minimum atomic E-state index is -1.60. The minimum absolute atomic E-state index is 0.0835. The second kappa shape index (κ2) is 20.9. The number of unbranched alkanes of at least 4 members (excludes halogenated alkanes) is 11. The van der Waals surface area contributed by atoms with Crippen LogP contribution in [0.15, 0.2) is 0 Å². The van der Waals surface area contributed by atoms with Crippen LogP contribution < -0.4 is 5.32 Å². The van der Waals surface area contributed by atoms with E-state index in [9.17, 15) is 35.4 Å². The number of hydrogen-bond donors (Lipinski definition) is 7. The third-order valence-corrected chi connectivity index (χ3v) is 7.39. The second-order valence-electron chi connectivity index (χ2n) is 11.5. The molecule has 0 radical (unpaired) electrons. The molecule has 1 amide bonds. The number of rotatable bonds is 22. The first-order chi connectivity index (χ1) is 18.6. The molecule has 1 heterocycles. The van der Waals surface area contributed by atoms with Gasteiger partial charge in [0.15, 0.2) is 6.29 Å². The maximum absolute atomic E-state index is 12.4. The van der Waals surface area contributed by atoms with E-state index in [-0.39, 0.29) is 24.9 Å². The Morgan fingerprint density at radius 1 is 0.846 bits per heavy atom. The number of hydrogen-bond acceptors (Lipinski definition) is 9. The highest BCUT2D eigenvalue weighted by Crippen LogP contribution is 2.23. The van der Waals surface area contributed by atoms with Crippen molar-refractivity contribution in [2.24, 2.45) is 5.92 Å². The molecule has 1 aliphatic rings. The summed E-state index contributed by atoms with van der Waals surface area (Å²) >= 11 is 0. The van der Waals surface area contributed by atoms with Gasteiger partial charge >= 0.3 is 0 Å². The van der Waals surface area contributed by atoms with E-state index in [2.05, 4.69) is 12.2 Å². The van der Waals surface area contributed by atoms with Gasteiger partial charge in [-0.25, -0.2) is 0 Å². The number of carbonyl (C=O) groups is 1. The highest BCUT2D eigenvalue weighted by atomic mass is 16.7. The smallest absolute Gasteiger partial charge is 0.220 e. The highest BCUT2D eigenvalue weighted by molar-refractivity contribution is 5.76. The van der Waals surface area contributed by atoms with E-state index in [0.717, 1.165) is 25.7 Å². The zero-order chi connectivity index (χ0) is 29.2. The van der Waals surface area contributed by atoms with Crippen molar-refractivity contribution in [3.8, 4) is 0 Å². The van der Waals surface area contributed by atoms with Gasteiger partial charge in [-0.15, -0.1) is 0 Å². The van der Waals surface area contributed by atoms with Crippen LogP contribution >= 0.6 is 0 Å². The lowest BCUT2D eigenvalue weighted by Crippen LogP contribution is -2.60. The van der Waals surface area contributed by atoms with Crippen LogP contribution in [0.2, 0.25) is 0 Å².